The third-order valence-corrected chi connectivity index (χ3v) is 4.24. The molecule has 0 bridgehead atoms. The zero-order valence-corrected chi connectivity index (χ0v) is 16.7. The molecular formula is C20H15N5OPt-2. The molecule has 0 saturated heterocycles. The number of rotatable bonds is 3. The van der Waals surface area contributed by atoms with Crippen LogP contribution in [0.3, 0.4) is 0 Å². The van der Waals surface area contributed by atoms with Gasteiger partial charge >= 0.3 is 0 Å². The molecule has 0 amide bonds. The predicted octanol–water partition coefficient (Wildman–Crippen LogP) is 2.74. The SMILES string of the molecule is C[n+]1[c-]n(-c2[c-]c(Oc3[c-]c4c(cc3)NCn3ccnc3-4)ccc2)cc1.[Pt]. The maximum absolute atomic E-state index is 6.00. The Hall–Kier alpha value is -2.85. The Balaban J connectivity index is 0.00000180. The molecule has 0 radical (unpaired) electrons. The number of aromatic nitrogens is 4. The Morgan fingerprint density at radius 3 is 2.89 bits per heavy atom. The first-order valence-corrected chi connectivity index (χ1v) is 8.25. The Morgan fingerprint density at radius 1 is 1.15 bits per heavy atom. The van der Waals surface area contributed by atoms with Crippen molar-refractivity contribution in [2.75, 3.05) is 5.32 Å². The molecule has 2 aromatic carbocycles. The van der Waals surface area contributed by atoms with Gasteiger partial charge < -0.3 is 23.8 Å². The normalized spacial score (nSPS) is 11.7. The summed E-state index contributed by atoms with van der Waals surface area (Å²) in [5, 5.41) is 3.35. The van der Waals surface area contributed by atoms with Crippen LogP contribution in [0.2, 0.25) is 0 Å². The molecule has 1 aliphatic heterocycles. The van der Waals surface area contributed by atoms with Gasteiger partial charge in [-0.25, -0.2) is 0 Å². The molecule has 0 saturated carbocycles. The number of ether oxygens (including phenoxy) is 1. The van der Waals surface area contributed by atoms with Crippen LogP contribution in [0, 0.1) is 18.5 Å². The van der Waals surface area contributed by atoms with Gasteiger partial charge in [0.15, 0.2) is 0 Å². The van der Waals surface area contributed by atoms with Crippen LogP contribution >= 0.6 is 0 Å². The molecule has 7 heteroatoms. The molecule has 138 valence electrons. The van der Waals surface area contributed by atoms with Crippen molar-refractivity contribution in [3.05, 3.63) is 73.6 Å². The van der Waals surface area contributed by atoms with Crippen LogP contribution in [-0.4, -0.2) is 14.1 Å². The standard InChI is InChI=1S/C20H15N5O.Pt/c1-23-9-10-25(14-23)15-3-2-4-16(11-15)26-17-5-6-19-18(12-17)20-21-7-8-24(20)13-22-19;/h2-10,22H,13H2,1H3;/q-2;. The smallest absolute Gasteiger partial charge is 0.241 e. The zero-order chi connectivity index (χ0) is 17.5. The van der Waals surface area contributed by atoms with Crippen molar-refractivity contribution in [2.45, 2.75) is 6.67 Å². The largest absolute Gasteiger partial charge is 0.504 e. The van der Waals surface area contributed by atoms with Crippen LogP contribution in [0.25, 0.3) is 17.1 Å². The summed E-state index contributed by atoms with van der Waals surface area (Å²) >= 11 is 0. The predicted molar refractivity (Wildman–Crippen MR) is 94.8 cm³/mol. The van der Waals surface area contributed by atoms with Gasteiger partial charge in [-0.1, -0.05) is 23.4 Å². The van der Waals surface area contributed by atoms with E-state index in [2.05, 4.69) is 28.8 Å². The summed E-state index contributed by atoms with van der Waals surface area (Å²) in [7, 11) is 1.93. The van der Waals surface area contributed by atoms with E-state index in [1.807, 2.05) is 69.7 Å². The van der Waals surface area contributed by atoms with Crippen LogP contribution in [0.15, 0.2) is 55.1 Å². The number of nitrogens with one attached hydrogen (secondary N) is 1. The van der Waals surface area contributed by atoms with Crippen LogP contribution in [-0.2, 0) is 34.8 Å². The molecular weight excluding hydrogens is 521 g/mol. The van der Waals surface area contributed by atoms with E-state index < -0.39 is 0 Å². The molecule has 0 fully saturated rings. The van der Waals surface area contributed by atoms with Gasteiger partial charge in [0.25, 0.3) is 0 Å². The molecule has 2 aromatic heterocycles. The molecule has 27 heavy (non-hydrogen) atoms. The van der Waals surface area contributed by atoms with Crippen LogP contribution in [0.4, 0.5) is 5.69 Å². The fraction of sp³-hybridized carbons (Fsp3) is 0.100. The molecule has 3 heterocycles. The molecule has 5 rings (SSSR count). The molecule has 1 N–H and O–H groups in total. The molecule has 0 spiro atoms. The summed E-state index contributed by atoms with van der Waals surface area (Å²) in [6.07, 6.45) is 10.7. The summed E-state index contributed by atoms with van der Waals surface area (Å²) in [6, 6.07) is 16.2. The van der Waals surface area contributed by atoms with Crippen molar-refractivity contribution < 1.29 is 30.4 Å². The van der Waals surface area contributed by atoms with Gasteiger partial charge in [0.05, 0.1) is 19.5 Å². The Morgan fingerprint density at radius 2 is 2.04 bits per heavy atom. The molecule has 0 atom stereocenters. The first-order valence-electron chi connectivity index (χ1n) is 8.25. The third kappa shape index (κ3) is 3.28. The van der Waals surface area contributed by atoms with Crippen molar-refractivity contribution in [1.29, 1.82) is 0 Å². The fourth-order valence-electron chi connectivity index (χ4n) is 2.99. The van der Waals surface area contributed by atoms with Gasteiger partial charge in [0, 0.05) is 57.4 Å². The second-order valence-electron chi connectivity index (χ2n) is 6.05. The van der Waals surface area contributed by atoms with Crippen molar-refractivity contribution in [2.24, 2.45) is 7.05 Å². The van der Waals surface area contributed by atoms with Crippen LogP contribution < -0.4 is 14.6 Å². The van der Waals surface area contributed by atoms with Gasteiger partial charge in [-0.15, -0.1) is 18.2 Å². The molecule has 4 aromatic rings. The van der Waals surface area contributed by atoms with E-state index in [1.54, 1.807) is 6.20 Å². The third-order valence-electron chi connectivity index (χ3n) is 4.24. The summed E-state index contributed by atoms with van der Waals surface area (Å²) in [5.41, 5.74) is 2.77. The Kier molecular flexibility index (Phi) is 4.58. The molecule has 6 nitrogen and oxygen atoms in total. The van der Waals surface area contributed by atoms with Crippen LogP contribution in [0.5, 0.6) is 11.5 Å². The first-order chi connectivity index (χ1) is 12.8. The maximum Gasteiger partial charge on any atom is 0.241 e. The molecule has 0 unspecified atom stereocenters. The van der Waals surface area contributed by atoms with Crippen molar-refractivity contribution >= 4 is 5.69 Å². The molecule has 0 aliphatic carbocycles. The summed E-state index contributed by atoms with van der Waals surface area (Å²) in [6.45, 7) is 0.705. The maximum atomic E-state index is 6.00. The monoisotopic (exact) mass is 536 g/mol. The van der Waals surface area contributed by atoms with E-state index in [0.717, 1.165) is 22.8 Å². The Bertz CT molecular complexity index is 1100. The minimum atomic E-state index is 0. The minimum Gasteiger partial charge on any atom is -0.504 e. The van der Waals surface area contributed by atoms with Crippen molar-refractivity contribution in [1.82, 2.24) is 14.1 Å². The van der Waals surface area contributed by atoms with Gasteiger partial charge in [-0.05, 0) is 5.69 Å². The second-order valence-corrected chi connectivity index (χ2v) is 6.05. The summed E-state index contributed by atoms with van der Waals surface area (Å²) in [4.78, 5) is 4.42. The second kappa shape index (κ2) is 7.04. The van der Waals surface area contributed by atoms with Gasteiger partial charge in [0.1, 0.15) is 0 Å². The van der Waals surface area contributed by atoms with E-state index >= 15 is 0 Å². The van der Waals surface area contributed by atoms with E-state index in [1.165, 1.54) is 0 Å². The number of imidazole rings is 2. The molecule has 1 aliphatic rings. The number of aryl methyl sites for hydroxylation is 1. The summed E-state index contributed by atoms with van der Waals surface area (Å²) < 4.78 is 11.8. The van der Waals surface area contributed by atoms with Gasteiger partial charge in [-0.2, -0.15) is 12.1 Å². The number of benzene rings is 2. The van der Waals surface area contributed by atoms with E-state index in [0.29, 0.717) is 18.2 Å². The van der Waals surface area contributed by atoms with E-state index in [9.17, 15) is 0 Å². The van der Waals surface area contributed by atoms with Gasteiger partial charge in [0.2, 0.25) is 6.33 Å². The van der Waals surface area contributed by atoms with Crippen molar-refractivity contribution in [3.8, 4) is 28.6 Å². The van der Waals surface area contributed by atoms with E-state index in [-0.39, 0.29) is 21.1 Å². The Labute approximate surface area is 171 Å². The summed E-state index contributed by atoms with van der Waals surface area (Å²) in [5.74, 6) is 2.13. The number of nitrogens with zero attached hydrogens (tertiary/aromatic N) is 4. The number of fused-ring (bicyclic) bond motifs is 3. The minimum absolute atomic E-state index is 0. The van der Waals surface area contributed by atoms with Crippen LogP contribution in [0.1, 0.15) is 0 Å². The first kappa shape index (κ1) is 17.6. The average molecular weight is 536 g/mol. The van der Waals surface area contributed by atoms with Gasteiger partial charge in [-0.3, -0.25) is 4.98 Å². The fourth-order valence-corrected chi connectivity index (χ4v) is 2.99. The quantitative estimate of drug-likeness (QED) is 0.324. The topological polar surface area (TPSA) is 47.9 Å². The average Bonchev–Trinajstić information content (AvgIpc) is 3.31. The number of hydrogen-bond donors (Lipinski definition) is 1. The van der Waals surface area contributed by atoms with E-state index in [4.69, 9.17) is 4.74 Å². The number of anilines is 1. The van der Waals surface area contributed by atoms with Crippen molar-refractivity contribution in [3.63, 3.8) is 0 Å². The zero-order valence-electron chi connectivity index (χ0n) is 14.4. The number of hydrogen-bond acceptors (Lipinski definition) is 3.